The van der Waals surface area contributed by atoms with Gasteiger partial charge in [0.2, 0.25) is 0 Å². The predicted molar refractivity (Wildman–Crippen MR) is 64.0 cm³/mol. The number of aliphatic hydroxyl groups is 1. The van der Waals surface area contributed by atoms with Crippen molar-refractivity contribution < 1.29 is 5.11 Å². The highest BCUT2D eigenvalue weighted by atomic mass is 79.9. The maximum atomic E-state index is 9.75. The van der Waals surface area contributed by atoms with Crippen LogP contribution >= 0.6 is 15.9 Å². The van der Waals surface area contributed by atoms with Crippen molar-refractivity contribution in [3.63, 3.8) is 0 Å². The predicted octanol–water partition coefficient (Wildman–Crippen LogP) is 2.99. The zero-order chi connectivity index (χ0) is 10.7. The maximum absolute atomic E-state index is 9.75. The van der Waals surface area contributed by atoms with Crippen LogP contribution in [0.5, 0.6) is 0 Å². The number of halogens is 1. The fraction of sp³-hybridized carbons (Fsp3) is 0.500. The molecule has 0 fully saturated rings. The Kier molecular flexibility index (Phi) is 4.14. The van der Waals surface area contributed by atoms with Gasteiger partial charge in [-0.15, -0.1) is 0 Å². The summed E-state index contributed by atoms with van der Waals surface area (Å²) in [5.74, 6) is 0. The van der Waals surface area contributed by atoms with Crippen LogP contribution in [0.3, 0.4) is 0 Å². The Bertz CT molecular complexity index is 307. The molecule has 1 aromatic carbocycles. The molecule has 0 saturated heterocycles. The molecule has 14 heavy (non-hydrogen) atoms. The van der Waals surface area contributed by atoms with Crippen LogP contribution in [-0.2, 0) is 6.42 Å². The van der Waals surface area contributed by atoms with E-state index in [0.29, 0.717) is 0 Å². The monoisotopic (exact) mass is 256 g/mol. The zero-order valence-corrected chi connectivity index (χ0v) is 10.5. The molecule has 0 radical (unpaired) electrons. The van der Waals surface area contributed by atoms with Gasteiger partial charge in [0, 0.05) is 4.83 Å². The minimum Gasteiger partial charge on any atom is -0.392 e. The number of hydrogen-bond acceptors (Lipinski definition) is 1. The molecule has 0 amide bonds. The number of aliphatic hydroxyl groups excluding tert-OH is 1. The largest absolute Gasteiger partial charge is 0.392 e. The SMILES string of the molecule is Cc1cccc(CC(O)C(C)Br)c1C. The van der Waals surface area contributed by atoms with Crippen LogP contribution in [0.25, 0.3) is 0 Å². The van der Waals surface area contributed by atoms with Crippen molar-refractivity contribution in [1.29, 1.82) is 0 Å². The quantitative estimate of drug-likeness (QED) is 0.825. The maximum Gasteiger partial charge on any atom is 0.0702 e. The van der Waals surface area contributed by atoms with Crippen LogP contribution in [0, 0.1) is 13.8 Å². The minimum absolute atomic E-state index is 0.141. The third-order valence-electron chi connectivity index (χ3n) is 2.68. The number of hydrogen-bond donors (Lipinski definition) is 1. The van der Waals surface area contributed by atoms with Crippen LogP contribution in [-0.4, -0.2) is 16.0 Å². The van der Waals surface area contributed by atoms with Crippen molar-refractivity contribution in [1.82, 2.24) is 0 Å². The highest BCUT2D eigenvalue weighted by molar-refractivity contribution is 9.09. The Morgan fingerprint density at radius 3 is 2.57 bits per heavy atom. The first-order chi connectivity index (χ1) is 6.52. The van der Waals surface area contributed by atoms with E-state index < -0.39 is 0 Å². The number of aryl methyl sites for hydroxylation is 1. The molecule has 1 aromatic rings. The average Bonchev–Trinajstić information content (AvgIpc) is 2.12. The van der Waals surface area contributed by atoms with Gasteiger partial charge < -0.3 is 5.11 Å². The summed E-state index contributed by atoms with van der Waals surface area (Å²) in [6.45, 7) is 6.18. The van der Waals surface area contributed by atoms with Crippen LogP contribution < -0.4 is 0 Å². The average molecular weight is 257 g/mol. The fourth-order valence-corrected chi connectivity index (χ4v) is 1.61. The lowest BCUT2D eigenvalue weighted by Gasteiger charge is -2.15. The smallest absolute Gasteiger partial charge is 0.0702 e. The van der Waals surface area contributed by atoms with Crippen molar-refractivity contribution in [2.24, 2.45) is 0 Å². The Morgan fingerprint density at radius 2 is 2.00 bits per heavy atom. The molecule has 0 aromatic heterocycles. The summed E-state index contributed by atoms with van der Waals surface area (Å²) in [5.41, 5.74) is 3.82. The van der Waals surface area contributed by atoms with E-state index >= 15 is 0 Å². The summed E-state index contributed by atoms with van der Waals surface area (Å²) in [5, 5.41) is 9.75. The lowest BCUT2D eigenvalue weighted by atomic mass is 9.98. The molecule has 0 bridgehead atoms. The van der Waals surface area contributed by atoms with Crippen LogP contribution in [0.1, 0.15) is 23.6 Å². The number of rotatable bonds is 3. The first-order valence-electron chi connectivity index (χ1n) is 4.89. The molecular formula is C12H17BrO. The molecule has 0 aliphatic carbocycles. The van der Waals surface area contributed by atoms with Crippen LogP contribution in [0.2, 0.25) is 0 Å². The molecule has 2 unspecified atom stereocenters. The summed E-state index contributed by atoms with van der Waals surface area (Å²) in [4.78, 5) is 0.141. The normalized spacial score (nSPS) is 15.2. The van der Waals surface area contributed by atoms with Crippen LogP contribution in [0.4, 0.5) is 0 Å². The molecule has 0 spiro atoms. The lowest BCUT2D eigenvalue weighted by molar-refractivity contribution is 0.178. The van der Waals surface area contributed by atoms with Gasteiger partial charge in [0.1, 0.15) is 0 Å². The second-order valence-corrected chi connectivity index (χ2v) is 5.25. The van der Waals surface area contributed by atoms with Crippen molar-refractivity contribution >= 4 is 15.9 Å². The van der Waals surface area contributed by atoms with Gasteiger partial charge in [-0.25, -0.2) is 0 Å². The van der Waals surface area contributed by atoms with Gasteiger partial charge in [0.15, 0.2) is 0 Å². The van der Waals surface area contributed by atoms with Crippen LogP contribution in [0.15, 0.2) is 18.2 Å². The van der Waals surface area contributed by atoms with Crippen molar-refractivity contribution in [2.45, 2.75) is 38.1 Å². The second-order valence-electron chi connectivity index (χ2n) is 3.81. The third kappa shape index (κ3) is 2.82. The summed E-state index contributed by atoms with van der Waals surface area (Å²) in [6, 6.07) is 6.23. The minimum atomic E-state index is -0.310. The lowest BCUT2D eigenvalue weighted by Crippen LogP contribution is -2.20. The van der Waals surface area contributed by atoms with Gasteiger partial charge in [0.25, 0.3) is 0 Å². The Morgan fingerprint density at radius 1 is 1.36 bits per heavy atom. The van der Waals surface area contributed by atoms with Gasteiger partial charge in [-0.1, -0.05) is 41.1 Å². The molecule has 0 saturated carbocycles. The van der Waals surface area contributed by atoms with E-state index in [-0.39, 0.29) is 10.9 Å². The van der Waals surface area contributed by atoms with Gasteiger partial charge in [-0.2, -0.15) is 0 Å². The number of alkyl halides is 1. The van der Waals surface area contributed by atoms with Crippen molar-refractivity contribution in [3.05, 3.63) is 34.9 Å². The molecule has 1 nitrogen and oxygen atoms in total. The Balaban J connectivity index is 2.82. The summed E-state index contributed by atoms with van der Waals surface area (Å²) < 4.78 is 0. The molecule has 2 atom stereocenters. The summed E-state index contributed by atoms with van der Waals surface area (Å²) in [7, 11) is 0. The second kappa shape index (κ2) is 4.94. The molecule has 0 aliphatic heterocycles. The highest BCUT2D eigenvalue weighted by Gasteiger charge is 2.12. The van der Waals surface area contributed by atoms with E-state index in [2.05, 4.69) is 41.9 Å². The molecular weight excluding hydrogens is 240 g/mol. The third-order valence-corrected chi connectivity index (χ3v) is 3.29. The Labute approximate surface area is 94.3 Å². The molecule has 0 aliphatic rings. The number of benzene rings is 1. The van der Waals surface area contributed by atoms with E-state index in [1.165, 1.54) is 16.7 Å². The van der Waals surface area contributed by atoms with E-state index in [1.54, 1.807) is 0 Å². The first-order valence-corrected chi connectivity index (χ1v) is 5.81. The molecule has 2 heteroatoms. The zero-order valence-electron chi connectivity index (χ0n) is 8.92. The van der Waals surface area contributed by atoms with Crippen molar-refractivity contribution in [3.8, 4) is 0 Å². The topological polar surface area (TPSA) is 20.2 Å². The molecule has 1 N–H and O–H groups in total. The molecule has 1 rings (SSSR count). The highest BCUT2D eigenvalue weighted by Crippen LogP contribution is 2.17. The van der Waals surface area contributed by atoms with Gasteiger partial charge in [-0.3, -0.25) is 0 Å². The van der Waals surface area contributed by atoms with E-state index in [1.807, 2.05) is 13.0 Å². The summed E-state index contributed by atoms with van der Waals surface area (Å²) in [6.07, 6.45) is 0.412. The van der Waals surface area contributed by atoms with E-state index in [0.717, 1.165) is 6.42 Å². The standard InChI is InChI=1S/C12H17BrO/c1-8-5-4-6-11(9(8)2)7-12(14)10(3)13/h4-6,10,12,14H,7H2,1-3H3. The first kappa shape index (κ1) is 11.7. The van der Waals surface area contributed by atoms with E-state index in [9.17, 15) is 5.11 Å². The fourth-order valence-electron chi connectivity index (χ4n) is 1.42. The van der Waals surface area contributed by atoms with E-state index in [4.69, 9.17) is 0 Å². The van der Waals surface area contributed by atoms with Gasteiger partial charge in [0.05, 0.1) is 6.10 Å². The van der Waals surface area contributed by atoms with Gasteiger partial charge >= 0.3 is 0 Å². The van der Waals surface area contributed by atoms with Crippen molar-refractivity contribution in [2.75, 3.05) is 0 Å². The Hall–Kier alpha value is -0.340. The molecule has 0 heterocycles. The van der Waals surface area contributed by atoms with Gasteiger partial charge in [-0.05, 0) is 37.0 Å². The summed E-state index contributed by atoms with van der Waals surface area (Å²) >= 11 is 3.39. The molecule has 78 valence electrons.